The molecule has 0 radical (unpaired) electrons. The molecule has 0 bridgehead atoms. The summed E-state index contributed by atoms with van der Waals surface area (Å²) in [4.78, 5) is 25.3. The molecule has 7 nitrogen and oxygen atoms in total. The van der Waals surface area contributed by atoms with Gasteiger partial charge in [0.15, 0.2) is 0 Å². The maximum absolute atomic E-state index is 12.2. The number of likely N-dealkylation sites (tertiary alicyclic amines) is 1. The Morgan fingerprint density at radius 2 is 1.65 bits per heavy atom. The third-order valence-electron chi connectivity index (χ3n) is 4.01. The van der Waals surface area contributed by atoms with Gasteiger partial charge in [0.25, 0.3) is 0 Å². The monoisotopic (exact) mass is 304 g/mol. The van der Waals surface area contributed by atoms with Crippen LogP contribution in [0.3, 0.4) is 0 Å². The minimum Gasteiger partial charge on any atom is -0.469 e. The van der Waals surface area contributed by atoms with E-state index >= 15 is 0 Å². The lowest BCUT2D eigenvalue weighted by atomic mass is 9.94. The minimum atomic E-state index is -3.19. The number of rotatable bonds is 3. The van der Waals surface area contributed by atoms with Crippen LogP contribution in [0.5, 0.6) is 0 Å². The highest BCUT2D eigenvalue weighted by molar-refractivity contribution is 7.88. The molecule has 2 aliphatic heterocycles. The lowest BCUT2D eigenvalue weighted by molar-refractivity contribution is -0.150. The van der Waals surface area contributed by atoms with Crippen molar-refractivity contribution in [3.05, 3.63) is 0 Å². The summed E-state index contributed by atoms with van der Waals surface area (Å²) >= 11 is 0. The van der Waals surface area contributed by atoms with Gasteiger partial charge in [0, 0.05) is 26.2 Å². The summed E-state index contributed by atoms with van der Waals surface area (Å²) in [6, 6.07) is 0. The summed E-state index contributed by atoms with van der Waals surface area (Å²) in [6.45, 7) is 1.62. The van der Waals surface area contributed by atoms with E-state index in [-0.39, 0.29) is 36.8 Å². The zero-order chi connectivity index (χ0) is 14.9. The molecule has 0 aromatic carbocycles. The van der Waals surface area contributed by atoms with Gasteiger partial charge in [-0.15, -0.1) is 0 Å². The number of carbonyl (C=O) groups excluding carboxylic acids is 2. The van der Waals surface area contributed by atoms with E-state index in [1.165, 1.54) is 11.4 Å². The fraction of sp³-hybridized carbons (Fsp3) is 0.833. The first-order valence-corrected chi connectivity index (χ1v) is 8.49. The van der Waals surface area contributed by atoms with Gasteiger partial charge in [-0.05, 0) is 12.8 Å². The highest BCUT2D eigenvalue weighted by atomic mass is 32.2. The molecule has 1 amide bonds. The van der Waals surface area contributed by atoms with Gasteiger partial charge in [0.05, 0.1) is 25.2 Å². The number of ether oxygens (including phenoxy) is 1. The number of piperidine rings is 1. The average Bonchev–Trinajstić information content (AvgIpc) is 2.34. The zero-order valence-corrected chi connectivity index (χ0v) is 12.6. The Hall–Kier alpha value is -1.15. The van der Waals surface area contributed by atoms with Gasteiger partial charge < -0.3 is 9.64 Å². The van der Waals surface area contributed by atoms with E-state index in [9.17, 15) is 18.0 Å². The molecule has 2 saturated heterocycles. The molecule has 0 saturated carbocycles. The highest BCUT2D eigenvalue weighted by Gasteiger charge is 2.40. The van der Waals surface area contributed by atoms with Crippen molar-refractivity contribution in [3.63, 3.8) is 0 Å². The molecular formula is C12H20N2O5S. The van der Waals surface area contributed by atoms with Gasteiger partial charge in [-0.1, -0.05) is 0 Å². The summed E-state index contributed by atoms with van der Waals surface area (Å²) < 4.78 is 28.5. The van der Waals surface area contributed by atoms with Gasteiger partial charge in [-0.2, -0.15) is 0 Å². The predicted molar refractivity (Wildman–Crippen MR) is 71.2 cm³/mol. The highest BCUT2D eigenvalue weighted by Crippen LogP contribution is 2.24. The number of hydrogen-bond donors (Lipinski definition) is 0. The van der Waals surface area contributed by atoms with Crippen LogP contribution >= 0.6 is 0 Å². The average molecular weight is 304 g/mol. The molecule has 0 spiro atoms. The van der Waals surface area contributed by atoms with E-state index in [1.54, 1.807) is 4.90 Å². The van der Waals surface area contributed by atoms with Gasteiger partial charge in [0.2, 0.25) is 15.9 Å². The maximum atomic E-state index is 12.2. The summed E-state index contributed by atoms with van der Waals surface area (Å²) in [5.74, 6) is -0.588. The summed E-state index contributed by atoms with van der Waals surface area (Å²) in [5, 5.41) is 0. The van der Waals surface area contributed by atoms with Crippen LogP contribution in [-0.4, -0.2) is 69.0 Å². The third-order valence-corrected chi connectivity index (χ3v) is 5.24. The topological polar surface area (TPSA) is 84.0 Å². The Balaban J connectivity index is 1.81. The SMILES string of the molecule is COC(=O)C1CCN(C(=O)C2CN(S(C)(=O)=O)C2)CC1. The van der Waals surface area contributed by atoms with Gasteiger partial charge in [-0.3, -0.25) is 9.59 Å². The molecule has 0 atom stereocenters. The number of sulfonamides is 1. The van der Waals surface area contributed by atoms with Crippen molar-refractivity contribution in [3.8, 4) is 0 Å². The molecule has 2 aliphatic rings. The van der Waals surface area contributed by atoms with Gasteiger partial charge in [-0.25, -0.2) is 12.7 Å². The molecule has 2 rings (SSSR count). The number of nitrogens with zero attached hydrogens (tertiary/aromatic N) is 2. The molecule has 2 heterocycles. The third kappa shape index (κ3) is 3.12. The molecule has 114 valence electrons. The van der Waals surface area contributed by atoms with Crippen LogP contribution in [0.15, 0.2) is 0 Å². The van der Waals surface area contributed by atoms with Crippen LogP contribution in [0.2, 0.25) is 0 Å². The Labute approximate surface area is 118 Å². The van der Waals surface area contributed by atoms with Crippen molar-refractivity contribution in [2.45, 2.75) is 12.8 Å². The van der Waals surface area contributed by atoms with E-state index in [1.807, 2.05) is 0 Å². The van der Waals surface area contributed by atoms with Gasteiger partial charge >= 0.3 is 5.97 Å². The summed E-state index contributed by atoms with van der Waals surface area (Å²) in [7, 11) is -1.82. The molecule has 2 fully saturated rings. The Bertz CT molecular complexity index is 490. The summed E-state index contributed by atoms with van der Waals surface area (Å²) in [6.07, 6.45) is 2.37. The van der Waals surface area contributed by atoms with Crippen molar-refractivity contribution in [1.82, 2.24) is 9.21 Å². The lowest BCUT2D eigenvalue weighted by Crippen LogP contribution is -2.57. The number of esters is 1. The fourth-order valence-electron chi connectivity index (χ4n) is 2.63. The molecule has 0 aromatic rings. The van der Waals surface area contributed by atoms with Crippen LogP contribution in [0.25, 0.3) is 0 Å². The second-order valence-electron chi connectivity index (χ2n) is 5.40. The first-order valence-electron chi connectivity index (χ1n) is 6.64. The van der Waals surface area contributed by atoms with E-state index in [0.717, 1.165) is 6.26 Å². The van der Waals surface area contributed by atoms with Crippen molar-refractivity contribution >= 4 is 21.9 Å². The maximum Gasteiger partial charge on any atom is 0.308 e. The van der Waals surface area contributed by atoms with Crippen molar-refractivity contribution in [2.75, 3.05) is 39.5 Å². The van der Waals surface area contributed by atoms with E-state index < -0.39 is 10.0 Å². The smallest absolute Gasteiger partial charge is 0.308 e. The van der Waals surface area contributed by atoms with E-state index in [2.05, 4.69) is 0 Å². The second-order valence-corrected chi connectivity index (χ2v) is 7.38. The van der Waals surface area contributed by atoms with E-state index in [4.69, 9.17) is 4.74 Å². The minimum absolute atomic E-state index is 0.00628. The first-order chi connectivity index (χ1) is 9.32. The quantitative estimate of drug-likeness (QED) is 0.643. The van der Waals surface area contributed by atoms with Crippen LogP contribution in [0.4, 0.5) is 0 Å². The van der Waals surface area contributed by atoms with Crippen LogP contribution in [-0.2, 0) is 24.3 Å². The molecule has 8 heteroatoms. The Morgan fingerprint density at radius 3 is 2.10 bits per heavy atom. The Kier molecular flexibility index (Phi) is 4.33. The number of hydrogen-bond acceptors (Lipinski definition) is 5. The van der Waals surface area contributed by atoms with E-state index in [0.29, 0.717) is 25.9 Å². The number of methoxy groups -OCH3 is 1. The van der Waals surface area contributed by atoms with Crippen LogP contribution < -0.4 is 0 Å². The number of amides is 1. The first kappa shape index (κ1) is 15.2. The molecule has 0 unspecified atom stereocenters. The van der Waals surface area contributed by atoms with Crippen LogP contribution in [0.1, 0.15) is 12.8 Å². The molecule has 0 aliphatic carbocycles. The molecular weight excluding hydrogens is 284 g/mol. The van der Waals surface area contributed by atoms with Crippen molar-refractivity contribution in [2.24, 2.45) is 11.8 Å². The van der Waals surface area contributed by atoms with Crippen molar-refractivity contribution < 1.29 is 22.7 Å². The number of carbonyl (C=O) groups is 2. The molecule has 20 heavy (non-hydrogen) atoms. The van der Waals surface area contributed by atoms with Crippen molar-refractivity contribution in [1.29, 1.82) is 0 Å². The second kappa shape index (κ2) is 5.69. The van der Waals surface area contributed by atoms with Crippen LogP contribution in [0, 0.1) is 11.8 Å². The predicted octanol–water partition coefficient (Wildman–Crippen LogP) is -0.711. The Morgan fingerprint density at radius 1 is 1.10 bits per heavy atom. The normalized spacial score (nSPS) is 22.4. The standard InChI is InChI=1S/C12H20N2O5S/c1-19-12(16)9-3-5-13(6-4-9)11(15)10-7-14(8-10)20(2,17)18/h9-10H,3-8H2,1-2H3. The fourth-order valence-corrected chi connectivity index (χ4v) is 3.53. The van der Waals surface area contributed by atoms with Gasteiger partial charge in [0.1, 0.15) is 0 Å². The summed E-state index contributed by atoms with van der Waals surface area (Å²) in [5.41, 5.74) is 0. The largest absolute Gasteiger partial charge is 0.469 e. The zero-order valence-electron chi connectivity index (χ0n) is 11.7. The molecule has 0 aromatic heterocycles. The lowest BCUT2D eigenvalue weighted by Gasteiger charge is -2.40. The molecule has 0 N–H and O–H groups in total.